The molecule has 3 rings (SSSR count). The van der Waals surface area contributed by atoms with E-state index in [1.807, 2.05) is 0 Å². The molecule has 0 saturated carbocycles. The maximum absolute atomic E-state index is 12.6. The number of nitrogens with zero attached hydrogens (tertiary/aromatic N) is 1. The fourth-order valence-electron chi connectivity index (χ4n) is 2.77. The average molecular weight is 430 g/mol. The lowest BCUT2D eigenvalue weighted by atomic mass is 10.3. The van der Waals surface area contributed by atoms with Gasteiger partial charge >= 0.3 is 6.18 Å². The molecular formula is C18H17F3N2O3S2. The fraction of sp³-hybridized carbons (Fsp3) is 0.278. The lowest BCUT2D eigenvalue weighted by molar-refractivity contribution is -0.117. The lowest BCUT2D eigenvalue weighted by Gasteiger charge is -2.16. The second kappa shape index (κ2) is 8.04. The predicted octanol–water partition coefficient (Wildman–Crippen LogP) is 4.27. The number of hydrogen-bond acceptors (Lipinski definition) is 4. The first-order valence-corrected chi connectivity index (χ1v) is 10.8. The maximum atomic E-state index is 12.6. The highest BCUT2D eigenvalue weighted by molar-refractivity contribution is 7.99. The van der Waals surface area contributed by atoms with Crippen LogP contribution in [-0.2, 0) is 14.8 Å². The summed E-state index contributed by atoms with van der Waals surface area (Å²) in [4.78, 5) is 13.5. The molecule has 0 spiro atoms. The third-order valence-corrected chi connectivity index (χ3v) is 6.57. The standard InChI is InChI=1S/C18H17F3N2O3S2/c19-18(20,21)12-27-16-5-2-1-4-15(16)22-28(25,26)14-9-7-13(8-10-14)23-11-3-6-17(23)24/h1-2,4-5,7-10,22H,3,6,11-12H2. The van der Waals surface area contributed by atoms with Gasteiger partial charge in [-0.15, -0.1) is 11.8 Å². The van der Waals surface area contributed by atoms with Gasteiger partial charge in [-0.25, -0.2) is 8.42 Å². The van der Waals surface area contributed by atoms with Crippen LogP contribution in [0.2, 0.25) is 0 Å². The smallest absolute Gasteiger partial charge is 0.312 e. The molecule has 0 aromatic heterocycles. The summed E-state index contributed by atoms with van der Waals surface area (Å²) in [6.07, 6.45) is -3.14. The van der Waals surface area contributed by atoms with E-state index in [2.05, 4.69) is 4.72 Å². The van der Waals surface area contributed by atoms with Crippen molar-refractivity contribution in [3.8, 4) is 0 Å². The van der Waals surface area contributed by atoms with E-state index in [1.165, 1.54) is 30.3 Å². The summed E-state index contributed by atoms with van der Waals surface area (Å²) in [5.74, 6) is -1.13. The quantitative estimate of drug-likeness (QED) is 0.695. The third kappa shape index (κ3) is 4.99. The number of hydrogen-bond donors (Lipinski definition) is 1. The van der Waals surface area contributed by atoms with E-state index >= 15 is 0 Å². The Morgan fingerprint density at radius 2 is 1.75 bits per heavy atom. The number of carbonyl (C=O) groups excluding carboxylic acids is 1. The number of halogens is 3. The van der Waals surface area contributed by atoms with E-state index in [9.17, 15) is 26.4 Å². The van der Waals surface area contributed by atoms with Gasteiger partial charge in [0, 0.05) is 23.5 Å². The topological polar surface area (TPSA) is 66.5 Å². The number of thioether (sulfide) groups is 1. The Morgan fingerprint density at radius 3 is 2.36 bits per heavy atom. The molecular weight excluding hydrogens is 413 g/mol. The van der Waals surface area contributed by atoms with Crippen molar-refractivity contribution in [2.45, 2.75) is 28.8 Å². The van der Waals surface area contributed by atoms with Crippen LogP contribution in [0, 0.1) is 0 Å². The number of sulfonamides is 1. The number of amides is 1. The van der Waals surface area contributed by atoms with Gasteiger partial charge in [-0.05, 0) is 42.8 Å². The first-order valence-electron chi connectivity index (χ1n) is 8.37. The van der Waals surface area contributed by atoms with Crippen molar-refractivity contribution in [1.82, 2.24) is 0 Å². The molecule has 1 heterocycles. The lowest BCUT2D eigenvalue weighted by Crippen LogP contribution is -2.23. The molecule has 5 nitrogen and oxygen atoms in total. The van der Waals surface area contributed by atoms with Crippen LogP contribution < -0.4 is 9.62 Å². The highest BCUT2D eigenvalue weighted by Gasteiger charge is 2.28. The molecule has 10 heteroatoms. The Kier molecular flexibility index (Phi) is 5.90. The van der Waals surface area contributed by atoms with E-state index in [0.717, 1.165) is 6.42 Å². The molecule has 1 amide bonds. The van der Waals surface area contributed by atoms with Crippen molar-refractivity contribution in [3.63, 3.8) is 0 Å². The normalized spacial score (nSPS) is 15.1. The molecule has 1 fully saturated rings. The van der Waals surface area contributed by atoms with Gasteiger partial charge in [0.2, 0.25) is 5.91 Å². The number of nitrogens with one attached hydrogen (secondary N) is 1. The number of rotatable bonds is 6. The Balaban J connectivity index is 1.78. The number of benzene rings is 2. The Labute approximate surface area is 165 Å². The van der Waals surface area contributed by atoms with E-state index in [-0.39, 0.29) is 21.4 Å². The first-order chi connectivity index (χ1) is 13.2. The highest BCUT2D eigenvalue weighted by Crippen LogP contribution is 2.33. The molecule has 1 N–H and O–H groups in total. The summed E-state index contributed by atoms with van der Waals surface area (Å²) in [6, 6.07) is 11.7. The van der Waals surface area contributed by atoms with Gasteiger partial charge < -0.3 is 4.90 Å². The SMILES string of the molecule is O=C1CCCN1c1ccc(S(=O)(=O)Nc2ccccc2SCC(F)(F)F)cc1. The second-order valence-electron chi connectivity index (χ2n) is 6.15. The minimum absolute atomic E-state index is 0.00986. The van der Waals surface area contributed by atoms with Crippen LogP contribution in [0.25, 0.3) is 0 Å². The zero-order valence-corrected chi connectivity index (χ0v) is 16.2. The van der Waals surface area contributed by atoms with Crippen LogP contribution in [0.1, 0.15) is 12.8 Å². The van der Waals surface area contributed by atoms with Gasteiger partial charge in [-0.2, -0.15) is 13.2 Å². The van der Waals surface area contributed by atoms with Crippen molar-refractivity contribution in [3.05, 3.63) is 48.5 Å². The maximum Gasteiger partial charge on any atom is 0.398 e. The van der Waals surface area contributed by atoms with Gasteiger partial charge in [0.05, 0.1) is 16.3 Å². The number of alkyl halides is 3. The van der Waals surface area contributed by atoms with Crippen LogP contribution in [0.15, 0.2) is 58.3 Å². The van der Waals surface area contributed by atoms with Gasteiger partial charge in [-0.3, -0.25) is 9.52 Å². The van der Waals surface area contributed by atoms with E-state index in [4.69, 9.17) is 0 Å². The van der Waals surface area contributed by atoms with Crippen molar-refractivity contribution < 1.29 is 26.4 Å². The second-order valence-corrected chi connectivity index (χ2v) is 8.85. The van der Waals surface area contributed by atoms with Gasteiger partial charge in [0.25, 0.3) is 10.0 Å². The molecule has 150 valence electrons. The van der Waals surface area contributed by atoms with Crippen molar-refractivity contribution in [2.24, 2.45) is 0 Å². The minimum Gasteiger partial charge on any atom is -0.312 e. The number of anilines is 2. The molecule has 0 radical (unpaired) electrons. The number of para-hydroxylation sites is 1. The van der Waals surface area contributed by atoms with Crippen LogP contribution in [0.4, 0.5) is 24.5 Å². The monoisotopic (exact) mass is 430 g/mol. The third-order valence-electron chi connectivity index (χ3n) is 4.05. The summed E-state index contributed by atoms with van der Waals surface area (Å²) >= 11 is 0.513. The molecule has 28 heavy (non-hydrogen) atoms. The van der Waals surface area contributed by atoms with E-state index < -0.39 is 22.0 Å². The molecule has 0 aliphatic carbocycles. The van der Waals surface area contributed by atoms with Crippen molar-refractivity contribution in [2.75, 3.05) is 21.9 Å². The molecule has 2 aromatic carbocycles. The van der Waals surface area contributed by atoms with Gasteiger partial charge in [0.15, 0.2) is 0 Å². The minimum atomic E-state index is -4.36. The summed E-state index contributed by atoms with van der Waals surface area (Å²) in [7, 11) is -3.99. The molecule has 1 aliphatic heterocycles. The molecule has 1 aliphatic rings. The zero-order valence-electron chi connectivity index (χ0n) is 14.6. The van der Waals surface area contributed by atoms with Crippen LogP contribution in [0.5, 0.6) is 0 Å². The van der Waals surface area contributed by atoms with Gasteiger partial charge in [0.1, 0.15) is 0 Å². The van der Waals surface area contributed by atoms with Gasteiger partial charge in [-0.1, -0.05) is 12.1 Å². The Bertz CT molecular complexity index is 961. The predicted molar refractivity (Wildman–Crippen MR) is 102 cm³/mol. The zero-order chi connectivity index (χ0) is 20.4. The van der Waals surface area contributed by atoms with Crippen LogP contribution in [-0.4, -0.2) is 32.8 Å². The van der Waals surface area contributed by atoms with Crippen LogP contribution in [0.3, 0.4) is 0 Å². The largest absolute Gasteiger partial charge is 0.398 e. The molecule has 0 unspecified atom stereocenters. The van der Waals surface area contributed by atoms with Crippen LogP contribution >= 0.6 is 11.8 Å². The van der Waals surface area contributed by atoms with E-state index in [1.54, 1.807) is 23.1 Å². The fourth-order valence-corrected chi connectivity index (χ4v) is 4.68. The summed E-state index contributed by atoms with van der Waals surface area (Å²) < 4.78 is 65.0. The van der Waals surface area contributed by atoms with E-state index in [0.29, 0.717) is 30.4 Å². The summed E-state index contributed by atoms with van der Waals surface area (Å²) in [5.41, 5.74) is 0.693. The summed E-state index contributed by atoms with van der Waals surface area (Å²) in [6.45, 7) is 0.590. The summed E-state index contributed by atoms with van der Waals surface area (Å²) in [5, 5.41) is 0. The number of carbonyl (C=O) groups is 1. The van der Waals surface area contributed by atoms with Crippen molar-refractivity contribution in [1.29, 1.82) is 0 Å². The average Bonchev–Trinajstić information content (AvgIpc) is 3.06. The Hall–Kier alpha value is -2.20. The molecule has 0 bridgehead atoms. The molecule has 0 atom stereocenters. The Morgan fingerprint density at radius 1 is 1.07 bits per heavy atom. The highest BCUT2D eigenvalue weighted by atomic mass is 32.2. The molecule has 1 saturated heterocycles. The molecule has 2 aromatic rings. The first kappa shape index (κ1) is 20.5. The van der Waals surface area contributed by atoms with Crippen molar-refractivity contribution >= 4 is 39.1 Å².